The van der Waals surface area contributed by atoms with E-state index in [9.17, 15) is 122 Å². The van der Waals surface area contributed by atoms with Crippen molar-refractivity contribution in [3.8, 4) is 0 Å². The predicted octanol–water partition coefficient (Wildman–Crippen LogP) is 10.4. The molecule has 28 heteroatoms. The Morgan fingerprint density at radius 2 is 0.529 bits per heavy atom. The van der Waals surface area contributed by atoms with Crippen molar-refractivity contribution >= 4 is 17.3 Å². The summed E-state index contributed by atoms with van der Waals surface area (Å²) in [5.74, 6) is -52.2. The molecule has 0 heterocycles. The number of hydrogen-bond acceptors (Lipinski definition) is 6. The number of halogens is 21. The van der Waals surface area contributed by atoms with Crippen LogP contribution in [0.3, 0.4) is 0 Å². The zero-order chi connectivity index (χ0) is 54.7. The average molecular weight is 1190 g/mol. The first-order valence-corrected chi connectivity index (χ1v) is 20.5. The van der Waals surface area contributed by atoms with E-state index in [2.05, 4.69) is 0 Å². The molecule has 6 atom stereocenters. The average Bonchev–Trinajstić information content (AvgIpc) is 3.79. The molecule has 6 rings (SSSR count). The molecule has 0 aromatic carbocycles. The van der Waals surface area contributed by atoms with Crippen molar-refractivity contribution in [2.45, 2.75) is 155 Å². The Labute approximate surface area is 425 Å². The number of Topliss-reactive ketones (excluding diaryl/α,β-unsaturated/α-hetero) is 3. The molecule has 70 heavy (non-hydrogen) atoms. The first-order chi connectivity index (χ1) is 30.1. The van der Waals surface area contributed by atoms with Crippen molar-refractivity contribution in [1.82, 2.24) is 0 Å². The third kappa shape index (κ3) is 7.90. The Bertz CT molecular complexity index is 2020. The fraction of sp³-hybridized carbons (Fsp3) is 0.786. The van der Waals surface area contributed by atoms with E-state index in [-0.39, 0.29) is 87.9 Å². The number of allylic oxidation sites excluding steroid dienone is 6. The SMILES string of the molecule is CC12CCC(/C(=C(/[O-])C(F)(F)C(F)(F)C(F)(F)F)C1=O)C2(C)C.CC12CCC(/C(=C(/[O-])C(F)(F)C(F)(F)C(F)(F)F)C1=O)C2(C)C.CC12CCC(C(=C([O-])C(F)(F)C(F)(F)C(F)(F)F)C1=O)C2(C)C.[Eu+3]. The number of carbonyl (C=O) groups excluding carboxylic acids is 3. The van der Waals surface area contributed by atoms with Gasteiger partial charge in [-0.05, 0) is 107 Å². The normalized spacial score (nSPS) is 32.8. The molecule has 0 aromatic heterocycles. The van der Waals surface area contributed by atoms with E-state index in [1.807, 2.05) is 0 Å². The summed E-state index contributed by atoms with van der Waals surface area (Å²) in [6.45, 7) is 13.3. The number of rotatable bonds is 6. The van der Waals surface area contributed by atoms with Crippen molar-refractivity contribution in [1.29, 1.82) is 0 Å². The van der Waals surface area contributed by atoms with Gasteiger partial charge in [0.15, 0.2) is 17.3 Å². The van der Waals surface area contributed by atoms with Crippen molar-refractivity contribution in [3.63, 3.8) is 0 Å². The number of carbonyl (C=O) groups is 3. The maximum absolute atomic E-state index is 13.6. The van der Waals surface area contributed by atoms with Gasteiger partial charge in [-0.25, -0.2) is 0 Å². The summed E-state index contributed by atoms with van der Waals surface area (Å²) >= 11 is 0. The van der Waals surface area contributed by atoms with Gasteiger partial charge in [-0.2, -0.15) is 92.2 Å². The first kappa shape index (κ1) is 62.0. The molecule has 400 valence electrons. The van der Waals surface area contributed by atoms with Crippen LogP contribution in [0.5, 0.6) is 0 Å². The van der Waals surface area contributed by atoms with Gasteiger partial charge < -0.3 is 15.3 Å². The van der Waals surface area contributed by atoms with E-state index in [0.29, 0.717) is 0 Å². The topological polar surface area (TPSA) is 120 Å². The van der Waals surface area contributed by atoms with E-state index in [4.69, 9.17) is 0 Å². The van der Waals surface area contributed by atoms with E-state index in [1.54, 1.807) is 0 Å². The molecule has 6 aliphatic rings. The standard InChI is InChI=1S/3C14H15F7O2.Eu/c3*1-10(2)6-4-5-11(10,3)8(22)7(6)9(23)12(15,16)13(17,18)14(19,20)21;/h3*6,23H,4-5H2,1-3H3;/q;;;+3/p-3/b2*9-7-;;. The van der Waals surface area contributed by atoms with Crippen molar-refractivity contribution in [2.24, 2.45) is 50.2 Å². The van der Waals surface area contributed by atoms with Crippen LogP contribution in [0.1, 0.15) is 101 Å². The van der Waals surface area contributed by atoms with Gasteiger partial charge in [0.1, 0.15) is 0 Å². The summed E-state index contributed by atoms with van der Waals surface area (Å²) in [6.07, 6.45) is -18.7. The monoisotopic (exact) mass is 1190 g/mol. The fourth-order valence-corrected chi connectivity index (χ4v) is 10.9. The second kappa shape index (κ2) is 17.1. The molecular formula is C42H42EuF21O6. The molecule has 0 saturated heterocycles. The van der Waals surface area contributed by atoms with E-state index in [0.717, 1.165) is 0 Å². The van der Waals surface area contributed by atoms with Crippen molar-refractivity contribution in [3.05, 3.63) is 34.0 Å². The minimum absolute atomic E-state index is 0. The molecule has 0 aliphatic heterocycles. The van der Waals surface area contributed by atoms with Crippen LogP contribution >= 0.6 is 0 Å². The molecule has 0 amide bonds. The van der Waals surface area contributed by atoms with Gasteiger partial charge in [-0.1, -0.05) is 62.3 Å². The summed E-state index contributed by atoms with van der Waals surface area (Å²) in [6, 6.07) is 0. The number of hydrogen-bond donors (Lipinski definition) is 0. The molecule has 6 unspecified atom stereocenters. The second-order valence-electron chi connectivity index (χ2n) is 20.6. The first-order valence-electron chi connectivity index (χ1n) is 20.5. The predicted molar refractivity (Wildman–Crippen MR) is 188 cm³/mol. The van der Waals surface area contributed by atoms with E-state index < -0.39 is 156 Å². The smallest absolute Gasteiger partial charge is 0.871 e. The maximum atomic E-state index is 13.6. The quantitative estimate of drug-likeness (QED) is 0.148. The van der Waals surface area contributed by atoms with Crippen molar-refractivity contribution in [2.75, 3.05) is 0 Å². The Hall–Kier alpha value is -2.26. The summed E-state index contributed by atoms with van der Waals surface area (Å²) in [5, 5.41) is 35.4. The van der Waals surface area contributed by atoms with Crippen LogP contribution in [0.2, 0.25) is 0 Å². The molecule has 0 N–H and O–H groups in total. The molecule has 6 fully saturated rings. The van der Waals surface area contributed by atoms with Crippen LogP contribution in [0, 0.1) is 99.6 Å². The van der Waals surface area contributed by atoms with Crippen LogP contribution in [0.15, 0.2) is 34.0 Å². The molecule has 0 spiro atoms. The zero-order valence-corrected chi connectivity index (χ0v) is 40.2. The Kier molecular flexibility index (Phi) is 15.2. The largest absolute Gasteiger partial charge is 3.00 e. The number of ketones is 3. The molecule has 6 bridgehead atoms. The van der Waals surface area contributed by atoms with Gasteiger partial charge in [0.2, 0.25) is 0 Å². The van der Waals surface area contributed by atoms with E-state index in [1.165, 1.54) is 62.3 Å². The van der Waals surface area contributed by atoms with Gasteiger partial charge >= 0.3 is 103 Å². The summed E-state index contributed by atoms with van der Waals surface area (Å²) in [7, 11) is 0. The van der Waals surface area contributed by atoms with Crippen molar-refractivity contribution < 1.29 is 171 Å². The second-order valence-corrected chi connectivity index (χ2v) is 20.6. The van der Waals surface area contributed by atoms with Gasteiger partial charge in [-0.3, -0.25) is 14.4 Å². The van der Waals surface area contributed by atoms with E-state index >= 15 is 0 Å². The minimum Gasteiger partial charge on any atom is -0.871 e. The minimum atomic E-state index is -6.60. The van der Waals surface area contributed by atoms with Gasteiger partial charge in [0, 0.05) is 16.2 Å². The maximum Gasteiger partial charge on any atom is 3.00 e. The Morgan fingerprint density at radius 3 is 0.643 bits per heavy atom. The number of fused-ring (bicyclic) bond motifs is 6. The molecule has 0 aromatic rings. The summed E-state index contributed by atoms with van der Waals surface area (Å²) < 4.78 is 270. The molecule has 6 saturated carbocycles. The molecule has 6 aliphatic carbocycles. The molecule has 0 radical (unpaired) electrons. The Balaban J connectivity index is 0.000000276. The Morgan fingerprint density at radius 1 is 0.371 bits per heavy atom. The fourth-order valence-electron chi connectivity index (χ4n) is 10.9. The van der Waals surface area contributed by atoms with Crippen LogP contribution < -0.4 is 15.3 Å². The third-order valence-corrected chi connectivity index (χ3v) is 16.8. The van der Waals surface area contributed by atoms with Gasteiger partial charge in [-0.15, -0.1) is 0 Å². The summed E-state index contributed by atoms with van der Waals surface area (Å²) in [5.41, 5.74) is -9.87. The molecular weight excluding hydrogens is 1150 g/mol. The van der Waals surface area contributed by atoms with Gasteiger partial charge in [0.05, 0.1) is 0 Å². The molecule has 6 nitrogen and oxygen atoms in total. The van der Waals surface area contributed by atoms with Crippen LogP contribution in [0.4, 0.5) is 92.2 Å². The zero-order valence-electron chi connectivity index (χ0n) is 37.7. The van der Waals surface area contributed by atoms with Crippen LogP contribution in [-0.2, 0) is 14.4 Å². The van der Waals surface area contributed by atoms with Gasteiger partial charge in [0.25, 0.3) is 0 Å². The van der Waals surface area contributed by atoms with Crippen LogP contribution in [0.25, 0.3) is 0 Å². The third-order valence-electron chi connectivity index (χ3n) is 16.8. The summed E-state index contributed by atoms with van der Waals surface area (Å²) in [4.78, 5) is 36.8. The van der Waals surface area contributed by atoms with Crippen LogP contribution in [-0.4, -0.2) is 71.4 Å². The number of alkyl halides is 21.